The fourth-order valence-corrected chi connectivity index (χ4v) is 4.67. The number of rotatable bonds is 7. The molecule has 0 bridgehead atoms. The maximum Gasteiger partial charge on any atom is 0.254 e. The van der Waals surface area contributed by atoms with Crippen LogP contribution in [0.2, 0.25) is 45.3 Å². The number of fused-ring (bicyclic) bond motifs is 1. The Bertz CT molecular complexity index is 712. The topological polar surface area (TPSA) is 47.6 Å². The van der Waals surface area contributed by atoms with E-state index in [-0.39, 0.29) is 5.91 Å². The molecular weight excluding hydrogens is 346 g/mol. The highest BCUT2D eigenvalue weighted by Gasteiger charge is 2.50. The van der Waals surface area contributed by atoms with E-state index in [9.17, 15) is 4.79 Å². The van der Waals surface area contributed by atoms with Crippen molar-refractivity contribution in [2.45, 2.75) is 51.1 Å². The van der Waals surface area contributed by atoms with Crippen molar-refractivity contribution < 1.29 is 14.0 Å². The van der Waals surface area contributed by atoms with Crippen LogP contribution < -0.4 is 5.32 Å². The first-order valence-corrected chi connectivity index (χ1v) is 15.8. The van der Waals surface area contributed by atoms with Gasteiger partial charge in [-0.05, 0) is 31.8 Å². The van der Waals surface area contributed by atoms with E-state index < -0.39 is 22.1 Å². The van der Waals surface area contributed by atoms with E-state index >= 15 is 0 Å². The molecule has 25 heavy (non-hydrogen) atoms. The summed E-state index contributed by atoms with van der Waals surface area (Å²) in [6.07, 6.45) is 0. The minimum Gasteiger partial charge on any atom is -0.485 e. The van der Waals surface area contributed by atoms with Crippen LogP contribution in [0.4, 0.5) is 0 Å². The van der Waals surface area contributed by atoms with Crippen LogP contribution in [0.5, 0.6) is 0 Å². The molecule has 1 aromatic rings. The molecule has 0 spiro atoms. The molecule has 1 aliphatic heterocycles. The lowest BCUT2D eigenvalue weighted by Gasteiger charge is -2.37. The molecule has 0 fully saturated rings. The first kappa shape index (κ1) is 19.7. The van der Waals surface area contributed by atoms with Crippen LogP contribution in [0.3, 0.4) is 0 Å². The van der Waals surface area contributed by atoms with Crippen molar-refractivity contribution in [2.75, 3.05) is 6.61 Å². The molecular formula is C19H29NO3Si2. The maximum absolute atomic E-state index is 12.5. The summed E-state index contributed by atoms with van der Waals surface area (Å²) in [6, 6.07) is 8.49. The second-order valence-corrected chi connectivity index (χ2v) is 18.6. The quantitative estimate of drug-likeness (QED) is 0.435. The Morgan fingerprint density at radius 3 is 2.40 bits per heavy atom. The number of ether oxygens (including phenoxy) is 1. The summed E-state index contributed by atoms with van der Waals surface area (Å²) in [5.41, 5.74) is 3.16. The van der Waals surface area contributed by atoms with Crippen LogP contribution in [0.15, 0.2) is 42.3 Å². The van der Waals surface area contributed by atoms with Gasteiger partial charge in [0, 0.05) is 19.2 Å². The zero-order valence-corrected chi connectivity index (χ0v) is 18.2. The van der Waals surface area contributed by atoms with Gasteiger partial charge in [0.05, 0.1) is 6.61 Å². The first-order chi connectivity index (χ1) is 11.5. The number of benzene rings is 1. The van der Waals surface area contributed by atoms with Crippen molar-refractivity contribution in [3.05, 3.63) is 53.5 Å². The molecule has 1 unspecified atom stereocenters. The van der Waals surface area contributed by atoms with Gasteiger partial charge < -0.3 is 14.5 Å². The lowest BCUT2D eigenvalue weighted by molar-refractivity contribution is 0.00747. The first-order valence-electron chi connectivity index (χ1n) is 8.64. The smallest absolute Gasteiger partial charge is 0.254 e. The minimum absolute atomic E-state index is 0.157. The molecule has 0 saturated carbocycles. The predicted octanol–water partition coefficient (Wildman–Crippen LogP) is 4.46. The molecule has 1 aromatic carbocycles. The molecule has 0 aliphatic carbocycles. The zero-order chi connectivity index (χ0) is 18.9. The molecule has 6 heteroatoms. The average Bonchev–Trinajstić information content (AvgIpc) is 2.75. The van der Waals surface area contributed by atoms with E-state index in [0.29, 0.717) is 17.9 Å². The molecule has 4 nitrogen and oxygen atoms in total. The Balaban J connectivity index is 2.44. The van der Waals surface area contributed by atoms with Gasteiger partial charge in [0.15, 0.2) is 14.1 Å². The SMILES string of the molecule is C=C=C(OCC[Si](C)(C)C)C1(O[Si](C)(C)C)NC(=O)c2ccccc21. The highest BCUT2D eigenvalue weighted by molar-refractivity contribution is 6.76. The molecule has 0 saturated heterocycles. The number of amides is 1. The van der Waals surface area contributed by atoms with Crippen LogP contribution in [0.25, 0.3) is 0 Å². The van der Waals surface area contributed by atoms with E-state index in [4.69, 9.17) is 9.16 Å². The monoisotopic (exact) mass is 375 g/mol. The molecule has 0 radical (unpaired) electrons. The van der Waals surface area contributed by atoms with Crippen molar-refractivity contribution in [3.63, 3.8) is 0 Å². The van der Waals surface area contributed by atoms with Crippen LogP contribution in [-0.2, 0) is 14.9 Å². The van der Waals surface area contributed by atoms with E-state index in [1.807, 2.05) is 24.3 Å². The van der Waals surface area contributed by atoms with Crippen LogP contribution in [0, 0.1) is 0 Å². The van der Waals surface area contributed by atoms with Crippen molar-refractivity contribution >= 4 is 22.3 Å². The van der Waals surface area contributed by atoms with Gasteiger partial charge in [0.2, 0.25) is 5.72 Å². The van der Waals surface area contributed by atoms with Gasteiger partial charge >= 0.3 is 0 Å². The molecule has 1 aliphatic rings. The summed E-state index contributed by atoms with van der Waals surface area (Å²) in [6.45, 7) is 17.5. The van der Waals surface area contributed by atoms with Gasteiger partial charge in [0.1, 0.15) is 0 Å². The molecule has 1 amide bonds. The average molecular weight is 376 g/mol. The van der Waals surface area contributed by atoms with E-state index in [1.54, 1.807) is 0 Å². The Hall–Kier alpha value is -1.60. The van der Waals surface area contributed by atoms with Gasteiger partial charge in [-0.25, -0.2) is 0 Å². The van der Waals surface area contributed by atoms with Gasteiger partial charge in [-0.2, -0.15) is 0 Å². The Morgan fingerprint density at radius 2 is 1.84 bits per heavy atom. The lowest BCUT2D eigenvalue weighted by Crippen LogP contribution is -2.50. The summed E-state index contributed by atoms with van der Waals surface area (Å²) in [7, 11) is -3.26. The second kappa shape index (κ2) is 6.96. The summed E-state index contributed by atoms with van der Waals surface area (Å²) >= 11 is 0. The maximum atomic E-state index is 12.5. The number of nitrogens with one attached hydrogen (secondary N) is 1. The number of hydrogen-bond donors (Lipinski definition) is 1. The molecule has 1 atom stereocenters. The fourth-order valence-electron chi connectivity index (χ4n) is 2.78. The van der Waals surface area contributed by atoms with E-state index in [1.165, 1.54) is 0 Å². The summed E-state index contributed by atoms with van der Waals surface area (Å²) in [4.78, 5) is 12.5. The van der Waals surface area contributed by atoms with E-state index in [2.05, 4.69) is 56.9 Å². The third kappa shape index (κ3) is 4.52. The second-order valence-electron chi connectivity index (χ2n) is 8.56. The molecule has 2 rings (SSSR count). The van der Waals surface area contributed by atoms with Gasteiger partial charge in [-0.1, -0.05) is 50.2 Å². The third-order valence-electron chi connectivity index (χ3n) is 3.88. The number of carbonyl (C=O) groups is 1. The summed E-state index contributed by atoms with van der Waals surface area (Å²) < 4.78 is 12.5. The Kier molecular flexibility index (Phi) is 5.49. The van der Waals surface area contributed by atoms with Crippen LogP contribution >= 0.6 is 0 Å². The summed E-state index contributed by atoms with van der Waals surface area (Å²) in [5, 5.41) is 3.01. The molecule has 1 heterocycles. The largest absolute Gasteiger partial charge is 0.485 e. The van der Waals surface area contributed by atoms with Gasteiger partial charge in [-0.3, -0.25) is 4.79 Å². The standard InChI is InChI=1S/C19H29NO3Si2/c1-8-17(22-13-14-24(2,3)4)19(23-25(5,6)7)16-12-10-9-11-15(16)18(21)20-19/h9-12H,1,13-14H2,2-7H3,(H,20,21). The van der Waals surface area contributed by atoms with Crippen LogP contribution in [-0.4, -0.2) is 28.9 Å². The summed E-state index contributed by atoms with van der Waals surface area (Å²) in [5.74, 6) is 0.293. The molecule has 136 valence electrons. The van der Waals surface area contributed by atoms with Crippen molar-refractivity contribution in [1.82, 2.24) is 5.32 Å². The van der Waals surface area contributed by atoms with Gasteiger partial charge in [0.25, 0.3) is 5.91 Å². The van der Waals surface area contributed by atoms with Crippen molar-refractivity contribution in [3.8, 4) is 0 Å². The number of hydrogen-bond acceptors (Lipinski definition) is 3. The Morgan fingerprint density at radius 1 is 1.20 bits per heavy atom. The highest BCUT2D eigenvalue weighted by atomic mass is 28.4. The fraction of sp³-hybridized carbons (Fsp3) is 0.474. The van der Waals surface area contributed by atoms with Crippen molar-refractivity contribution in [2.24, 2.45) is 0 Å². The van der Waals surface area contributed by atoms with E-state index in [0.717, 1.165) is 11.6 Å². The molecule has 1 N–H and O–H groups in total. The molecule has 0 aromatic heterocycles. The normalized spacial score (nSPS) is 19.8. The zero-order valence-electron chi connectivity index (χ0n) is 16.2. The predicted molar refractivity (Wildman–Crippen MR) is 107 cm³/mol. The van der Waals surface area contributed by atoms with Gasteiger partial charge in [-0.15, -0.1) is 0 Å². The third-order valence-corrected chi connectivity index (χ3v) is 6.50. The van der Waals surface area contributed by atoms with Crippen LogP contribution in [0.1, 0.15) is 15.9 Å². The van der Waals surface area contributed by atoms with Crippen molar-refractivity contribution in [1.29, 1.82) is 0 Å². The number of carbonyl (C=O) groups excluding carboxylic acids is 1. The lowest BCUT2D eigenvalue weighted by atomic mass is 10.0. The minimum atomic E-state index is -2.02. The highest BCUT2D eigenvalue weighted by Crippen LogP contribution is 2.40. The Labute approximate surface area is 153 Å².